The first-order valence-electron chi connectivity index (χ1n) is 12.1. The van der Waals surface area contributed by atoms with Crippen LogP contribution in [0.5, 0.6) is 0 Å². The molecule has 0 aliphatic rings. The van der Waals surface area contributed by atoms with E-state index in [2.05, 4.69) is 4.52 Å². The quantitative estimate of drug-likeness (QED) is 0.0516. The maximum Gasteiger partial charge on any atom is 1.00 e. The molecule has 0 bridgehead atoms. The van der Waals surface area contributed by atoms with E-state index in [-0.39, 0.29) is 65.5 Å². The normalized spacial score (nSPS) is 16.8. The summed E-state index contributed by atoms with van der Waals surface area (Å²) in [6.07, 6.45) is -19.1. The SMILES string of the molecule is CCCCCCN(C(F)(OP(=O)([O-])[O-])C(F)(F)F)S(=O)(=O)C(F)(F)C(F)(F)C(F)(F)C(F)(F)C(F)(F)C(F)(F)C(F)(F)C(F)(F)C(F)(F)C(F)(F)F.[Na+].[Na+]. The van der Waals surface area contributed by atoms with Crippen LogP contribution in [0.1, 0.15) is 32.6 Å². The van der Waals surface area contributed by atoms with E-state index in [0.717, 1.165) is 6.92 Å². The number of unbranched alkanes of at least 4 members (excludes halogenated alkanes) is 3. The molecule has 0 heterocycles. The van der Waals surface area contributed by atoms with Gasteiger partial charge >= 0.3 is 130 Å². The van der Waals surface area contributed by atoms with Crippen molar-refractivity contribution in [3.8, 4) is 0 Å². The number of phosphoric acid groups is 1. The number of nitrogens with zero attached hydrogens (tertiary/aromatic N) is 1. The van der Waals surface area contributed by atoms with Gasteiger partial charge in [-0.05, 0) is 6.42 Å². The molecule has 0 saturated carbocycles. The Labute approximate surface area is 327 Å². The van der Waals surface area contributed by atoms with E-state index < -0.39 is 119 Å². The number of halogens is 25. The zero-order valence-corrected chi connectivity index (χ0v) is 31.4. The van der Waals surface area contributed by atoms with Crippen molar-refractivity contribution < 1.29 is 196 Å². The summed E-state index contributed by atoms with van der Waals surface area (Å²) in [5.41, 5.74) is 0. The molecule has 1 atom stereocenters. The minimum atomic E-state index is -9.77. The standard InChI is InChI=1S/C18H15F25NO6PS.2Na/c1-2-3-4-5-6-44(18(43,16(38,39)40)50-51(45,46)47)52(48,49)17(41,42)14(33,34)12(29,30)10(25,26)8(21,22)7(19,20)9(23,24)11(27,28)13(31,32)15(35,36)37;;/h2-6H2,1H3,(H2,45,46,47);;/q;2*+1/p-2. The van der Waals surface area contributed by atoms with Crippen LogP contribution in [-0.4, -0.2) is 90.2 Å². The molecule has 0 amide bonds. The molecule has 0 radical (unpaired) electrons. The van der Waals surface area contributed by atoms with Gasteiger partial charge in [-0.2, -0.15) is 110 Å². The van der Waals surface area contributed by atoms with Crippen LogP contribution in [0.25, 0.3) is 0 Å². The first-order chi connectivity index (χ1) is 22.1. The number of hydrogen-bond donors (Lipinski definition) is 0. The first-order valence-corrected chi connectivity index (χ1v) is 15.0. The summed E-state index contributed by atoms with van der Waals surface area (Å²) < 4.78 is 375. The molecule has 0 aliphatic carbocycles. The zero-order valence-electron chi connectivity index (χ0n) is 25.7. The minimum absolute atomic E-state index is 0. The van der Waals surface area contributed by atoms with Crippen LogP contribution >= 0.6 is 7.82 Å². The van der Waals surface area contributed by atoms with Crippen LogP contribution in [0.4, 0.5) is 110 Å². The Bertz CT molecular complexity index is 1440. The minimum Gasteiger partial charge on any atom is -0.790 e. The summed E-state index contributed by atoms with van der Waals surface area (Å²) in [4.78, 5) is 21.3. The Morgan fingerprint density at radius 1 is 0.500 bits per heavy atom. The maximum atomic E-state index is 14.9. The zero-order chi connectivity index (χ0) is 42.8. The number of alkyl halides is 25. The van der Waals surface area contributed by atoms with Crippen molar-refractivity contribution in [3.05, 3.63) is 0 Å². The van der Waals surface area contributed by atoms with E-state index in [1.54, 1.807) is 0 Å². The average Bonchev–Trinajstić information content (AvgIpc) is 2.89. The van der Waals surface area contributed by atoms with Gasteiger partial charge in [-0.3, -0.25) is 4.52 Å². The van der Waals surface area contributed by atoms with Crippen LogP contribution in [0.15, 0.2) is 0 Å². The van der Waals surface area contributed by atoms with E-state index in [4.69, 9.17) is 0 Å². The van der Waals surface area contributed by atoms with Crippen molar-refractivity contribution in [1.29, 1.82) is 0 Å². The molecule has 0 N–H and O–H groups in total. The topological polar surface area (TPSA) is 110 Å². The maximum absolute atomic E-state index is 14.9. The van der Waals surface area contributed by atoms with Gasteiger partial charge in [0.1, 0.15) is 0 Å². The summed E-state index contributed by atoms with van der Waals surface area (Å²) in [5.74, 6) is -83.1. The van der Waals surface area contributed by atoms with Gasteiger partial charge in [0.2, 0.25) is 0 Å². The molecule has 54 heavy (non-hydrogen) atoms. The van der Waals surface area contributed by atoms with Crippen molar-refractivity contribution in [2.24, 2.45) is 0 Å². The van der Waals surface area contributed by atoms with Crippen LogP contribution in [0.2, 0.25) is 0 Å². The molecular weight excluding hydrogens is 910 g/mol. The molecule has 0 saturated heterocycles. The smallest absolute Gasteiger partial charge is 0.790 e. The number of rotatable bonds is 18. The average molecular weight is 923 g/mol. The molecule has 314 valence electrons. The Balaban J connectivity index is -0.0000130. The van der Waals surface area contributed by atoms with Crippen LogP contribution < -0.4 is 68.9 Å². The predicted molar refractivity (Wildman–Crippen MR) is 109 cm³/mol. The van der Waals surface area contributed by atoms with Crippen molar-refractivity contribution in [1.82, 2.24) is 4.31 Å². The van der Waals surface area contributed by atoms with Gasteiger partial charge in [0.25, 0.3) is 10.0 Å². The summed E-state index contributed by atoms with van der Waals surface area (Å²) in [6.45, 7) is -1.76. The third-order valence-corrected chi connectivity index (χ3v) is 8.58. The van der Waals surface area contributed by atoms with Crippen molar-refractivity contribution in [2.45, 2.75) is 104 Å². The Morgan fingerprint density at radius 3 is 1.06 bits per heavy atom. The molecule has 1 unspecified atom stereocenters. The summed E-state index contributed by atoms with van der Waals surface area (Å²) in [6, 6.07) is 0. The molecule has 36 heteroatoms. The van der Waals surface area contributed by atoms with Crippen molar-refractivity contribution in [3.63, 3.8) is 0 Å². The van der Waals surface area contributed by atoms with Gasteiger partial charge in [0.05, 0.1) is 7.82 Å². The molecule has 0 aromatic heterocycles. The number of hydrogen-bond acceptors (Lipinski definition) is 6. The number of sulfonamides is 1. The summed E-state index contributed by atoms with van der Waals surface area (Å²) >= 11 is 0. The number of phosphoric ester groups is 1. The Morgan fingerprint density at radius 2 is 0.796 bits per heavy atom. The third-order valence-electron chi connectivity index (χ3n) is 6.21. The Hall–Kier alpha value is 0.270. The molecule has 0 spiro atoms. The van der Waals surface area contributed by atoms with E-state index in [1.165, 1.54) is 0 Å². The van der Waals surface area contributed by atoms with E-state index in [9.17, 15) is 133 Å². The fraction of sp³-hybridized carbons (Fsp3) is 1.00. The molecule has 0 aliphatic heterocycles. The van der Waals surface area contributed by atoms with Crippen LogP contribution in [0.3, 0.4) is 0 Å². The van der Waals surface area contributed by atoms with Gasteiger partial charge in [-0.1, -0.05) is 26.2 Å². The molecule has 0 aromatic rings. The van der Waals surface area contributed by atoms with Gasteiger partial charge in [-0.25, -0.2) is 8.42 Å². The van der Waals surface area contributed by atoms with Gasteiger partial charge in [0.15, 0.2) is 0 Å². The first kappa shape index (κ1) is 58.6. The van der Waals surface area contributed by atoms with Gasteiger partial charge < -0.3 is 14.4 Å². The van der Waals surface area contributed by atoms with Gasteiger partial charge in [0, 0.05) is 6.54 Å². The van der Waals surface area contributed by atoms with Crippen LogP contribution in [-0.2, 0) is 19.1 Å². The molecule has 7 nitrogen and oxygen atoms in total. The second-order valence-corrected chi connectivity index (χ2v) is 12.8. The van der Waals surface area contributed by atoms with E-state index >= 15 is 0 Å². The third kappa shape index (κ3) is 9.04. The fourth-order valence-electron chi connectivity index (χ4n) is 3.33. The van der Waals surface area contributed by atoms with Crippen molar-refractivity contribution in [2.75, 3.05) is 6.54 Å². The predicted octanol–water partition coefficient (Wildman–Crippen LogP) is 1.47. The van der Waals surface area contributed by atoms with Crippen molar-refractivity contribution >= 4 is 17.8 Å². The van der Waals surface area contributed by atoms with E-state index in [1.807, 2.05) is 0 Å². The molecule has 0 rings (SSSR count). The van der Waals surface area contributed by atoms with Crippen LogP contribution in [0, 0.1) is 0 Å². The molecular formula is C18H13F25NNa2O6PS. The summed E-state index contributed by atoms with van der Waals surface area (Å²) in [5, 5.41) is -8.93. The molecule has 0 aromatic carbocycles. The van der Waals surface area contributed by atoms with Gasteiger partial charge in [-0.15, -0.1) is 4.31 Å². The summed E-state index contributed by atoms with van der Waals surface area (Å²) in [7, 11) is -17.1. The van der Waals surface area contributed by atoms with E-state index in [0.29, 0.717) is 0 Å². The second-order valence-electron chi connectivity index (χ2n) is 9.85. The largest absolute Gasteiger partial charge is 1.00 e. The Kier molecular flexibility index (Phi) is 18.2. The molecule has 0 fully saturated rings. The second kappa shape index (κ2) is 16.7. The fourth-order valence-corrected chi connectivity index (χ4v) is 5.43. The monoisotopic (exact) mass is 923 g/mol.